The van der Waals surface area contributed by atoms with Gasteiger partial charge in [0.25, 0.3) is 0 Å². The second kappa shape index (κ2) is 7.12. The first-order chi connectivity index (χ1) is 10.4. The molecule has 2 N–H and O–H groups in total. The third kappa shape index (κ3) is 6.81. The molecule has 0 fully saturated rings. The van der Waals surface area contributed by atoms with Crippen LogP contribution in [0.3, 0.4) is 0 Å². The molecule has 0 heterocycles. The number of sulfone groups is 1. The molecule has 0 aliphatic rings. The van der Waals surface area contributed by atoms with Crippen LogP contribution in [0.5, 0.6) is 0 Å². The molecule has 6 nitrogen and oxygen atoms in total. The van der Waals surface area contributed by atoms with Crippen molar-refractivity contribution in [2.24, 2.45) is 5.41 Å². The Hall–Kier alpha value is -1.89. The van der Waals surface area contributed by atoms with Crippen molar-refractivity contribution in [1.29, 1.82) is 0 Å². The van der Waals surface area contributed by atoms with Gasteiger partial charge < -0.3 is 10.4 Å². The van der Waals surface area contributed by atoms with E-state index in [1.807, 2.05) is 0 Å². The van der Waals surface area contributed by atoms with Gasteiger partial charge >= 0.3 is 5.97 Å². The molecular weight excluding hydrogens is 318 g/mol. The fourth-order valence-electron chi connectivity index (χ4n) is 2.36. The lowest BCUT2D eigenvalue weighted by Crippen LogP contribution is -2.25. The molecule has 0 radical (unpaired) electrons. The van der Waals surface area contributed by atoms with Gasteiger partial charge in [-0.1, -0.05) is 26.0 Å². The average molecular weight is 341 g/mol. The smallest absolute Gasteiger partial charge is 0.303 e. The number of benzene rings is 1. The van der Waals surface area contributed by atoms with Crippen LogP contribution in [0.1, 0.15) is 37.8 Å². The number of hydrogen-bond acceptors (Lipinski definition) is 4. The lowest BCUT2D eigenvalue weighted by molar-refractivity contribution is -0.139. The Morgan fingerprint density at radius 2 is 1.83 bits per heavy atom. The van der Waals surface area contributed by atoms with Gasteiger partial charge in [0, 0.05) is 18.4 Å². The Bertz CT molecular complexity index is 707. The van der Waals surface area contributed by atoms with Crippen molar-refractivity contribution in [1.82, 2.24) is 0 Å². The lowest BCUT2D eigenvalue weighted by Gasteiger charge is -2.22. The molecule has 0 aliphatic carbocycles. The maximum Gasteiger partial charge on any atom is 0.303 e. The van der Waals surface area contributed by atoms with Crippen LogP contribution in [0.2, 0.25) is 0 Å². The van der Waals surface area contributed by atoms with Crippen LogP contribution in [0.15, 0.2) is 18.2 Å². The van der Waals surface area contributed by atoms with E-state index in [4.69, 9.17) is 5.11 Å². The normalized spacial score (nSPS) is 12.0. The van der Waals surface area contributed by atoms with Gasteiger partial charge in [-0.2, -0.15) is 0 Å². The van der Waals surface area contributed by atoms with Gasteiger partial charge in [-0.25, -0.2) is 8.42 Å². The predicted molar refractivity (Wildman–Crippen MR) is 89.0 cm³/mol. The van der Waals surface area contributed by atoms with E-state index in [0.29, 0.717) is 16.8 Å². The molecule has 0 atom stereocenters. The monoisotopic (exact) mass is 341 g/mol. The van der Waals surface area contributed by atoms with Crippen LogP contribution in [0, 0.1) is 12.3 Å². The Morgan fingerprint density at radius 1 is 1.22 bits per heavy atom. The SMILES string of the molecule is Cc1c(CS(C)(=O)=O)cccc1NC(=O)CC(C)(C)CC(=O)O. The highest BCUT2D eigenvalue weighted by Crippen LogP contribution is 2.27. The van der Waals surface area contributed by atoms with E-state index >= 15 is 0 Å². The minimum Gasteiger partial charge on any atom is -0.481 e. The van der Waals surface area contributed by atoms with Crippen LogP contribution in [0.4, 0.5) is 5.69 Å². The molecule has 23 heavy (non-hydrogen) atoms. The van der Waals surface area contributed by atoms with Crippen molar-refractivity contribution >= 4 is 27.4 Å². The summed E-state index contributed by atoms with van der Waals surface area (Å²) in [6.45, 7) is 5.18. The molecular formula is C16H23NO5S. The molecule has 0 spiro atoms. The number of rotatable bonds is 7. The first kappa shape index (κ1) is 19.2. The fourth-order valence-corrected chi connectivity index (χ4v) is 3.24. The van der Waals surface area contributed by atoms with Crippen LogP contribution in [-0.2, 0) is 25.2 Å². The molecule has 0 aliphatic heterocycles. The predicted octanol–water partition coefficient (Wildman–Crippen LogP) is 2.37. The Balaban J connectivity index is 2.87. The zero-order valence-corrected chi connectivity index (χ0v) is 14.7. The van der Waals surface area contributed by atoms with Gasteiger partial charge in [-0.15, -0.1) is 0 Å². The third-order valence-corrected chi connectivity index (χ3v) is 4.24. The van der Waals surface area contributed by atoms with Crippen molar-refractivity contribution in [2.45, 2.75) is 39.4 Å². The van der Waals surface area contributed by atoms with Gasteiger partial charge in [-0.05, 0) is 29.5 Å². The van der Waals surface area contributed by atoms with E-state index in [0.717, 1.165) is 6.26 Å². The zero-order valence-electron chi connectivity index (χ0n) is 13.8. The molecule has 128 valence electrons. The fraction of sp³-hybridized carbons (Fsp3) is 0.500. The number of anilines is 1. The number of carbonyl (C=O) groups is 2. The third-order valence-electron chi connectivity index (χ3n) is 3.41. The Labute approximate surface area is 136 Å². The maximum atomic E-state index is 12.1. The molecule has 0 saturated carbocycles. The minimum atomic E-state index is -3.17. The standard InChI is InChI=1S/C16H23NO5S/c1-11-12(10-23(4,21)22)6-5-7-13(11)17-14(18)8-16(2,3)9-15(19)20/h5-7H,8-10H2,1-4H3,(H,17,18)(H,19,20). The molecule has 1 aromatic carbocycles. The summed E-state index contributed by atoms with van der Waals surface area (Å²) in [5.74, 6) is -1.34. The molecule has 0 bridgehead atoms. The van der Waals surface area contributed by atoms with Gasteiger partial charge in [0.1, 0.15) is 0 Å². The number of amides is 1. The highest BCUT2D eigenvalue weighted by Gasteiger charge is 2.25. The first-order valence-corrected chi connectivity index (χ1v) is 9.23. The van der Waals surface area contributed by atoms with E-state index < -0.39 is 21.2 Å². The molecule has 0 aromatic heterocycles. The van der Waals surface area contributed by atoms with E-state index in [1.165, 1.54) is 0 Å². The Kier molecular flexibility index (Phi) is 5.93. The molecule has 0 unspecified atom stereocenters. The van der Waals surface area contributed by atoms with Crippen LogP contribution in [0.25, 0.3) is 0 Å². The number of aliphatic carboxylic acids is 1. The summed E-state index contributed by atoms with van der Waals surface area (Å²) in [6, 6.07) is 5.09. The molecule has 1 rings (SSSR count). The van der Waals surface area contributed by atoms with Crippen molar-refractivity contribution in [3.05, 3.63) is 29.3 Å². The molecule has 1 aromatic rings. The quantitative estimate of drug-likeness (QED) is 0.793. The number of hydrogen-bond donors (Lipinski definition) is 2. The largest absolute Gasteiger partial charge is 0.481 e. The summed E-state index contributed by atoms with van der Waals surface area (Å²) in [4.78, 5) is 22.9. The van der Waals surface area contributed by atoms with Crippen LogP contribution >= 0.6 is 0 Å². The highest BCUT2D eigenvalue weighted by atomic mass is 32.2. The summed E-state index contributed by atoms with van der Waals surface area (Å²) >= 11 is 0. The number of nitrogens with one attached hydrogen (secondary N) is 1. The second-order valence-corrected chi connectivity index (χ2v) is 8.76. The molecule has 1 amide bonds. The number of carbonyl (C=O) groups excluding carboxylic acids is 1. The van der Waals surface area contributed by atoms with E-state index in [-0.39, 0.29) is 24.5 Å². The van der Waals surface area contributed by atoms with Crippen molar-refractivity contribution < 1.29 is 23.1 Å². The molecule has 7 heteroatoms. The zero-order chi connectivity index (χ0) is 17.8. The van der Waals surface area contributed by atoms with Gasteiger partial charge in [0.15, 0.2) is 9.84 Å². The van der Waals surface area contributed by atoms with Crippen molar-refractivity contribution in [3.8, 4) is 0 Å². The average Bonchev–Trinajstić information content (AvgIpc) is 2.29. The summed E-state index contributed by atoms with van der Waals surface area (Å²) in [5.41, 5.74) is 1.22. The van der Waals surface area contributed by atoms with Crippen molar-refractivity contribution in [2.75, 3.05) is 11.6 Å². The highest BCUT2D eigenvalue weighted by molar-refractivity contribution is 7.89. The van der Waals surface area contributed by atoms with Gasteiger partial charge in [0.2, 0.25) is 5.91 Å². The van der Waals surface area contributed by atoms with Crippen LogP contribution < -0.4 is 5.32 Å². The van der Waals surface area contributed by atoms with E-state index in [9.17, 15) is 18.0 Å². The summed E-state index contributed by atoms with van der Waals surface area (Å²) in [7, 11) is -3.17. The summed E-state index contributed by atoms with van der Waals surface area (Å²) in [6.07, 6.45) is 1.12. The summed E-state index contributed by atoms with van der Waals surface area (Å²) in [5, 5.41) is 11.6. The maximum absolute atomic E-state index is 12.1. The topological polar surface area (TPSA) is 101 Å². The number of carboxylic acid groups (broad SMARTS) is 1. The van der Waals surface area contributed by atoms with Crippen molar-refractivity contribution in [3.63, 3.8) is 0 Å². The second-order valence-electron chi connectivity index (χ2n) is 6.62. The Morgan fingerprint density at radius 3 is 2.35 bits per heavy atom. The van der Waals surface area contributed by atoms with Gasteiger partial charge in [-0.3, -0.25) is 9.59 Å². The first-order valence-electron chi connectivity index (χ1n) is 7.17. The molecule has 0 saturated heterocycles. The number of carboxylic acids is 1. The lowest BCUT2D eigenvalue weighted by atomic mass is 9.85. The summed E-state index contributed by atoms with van der Waals surface area (Å²) < 4.78 is 22.9. The minimum absolute atomic E-state index is 0.0645. The van der Waals surface area contributed by atoms with E-state index in [2.05, 4.69) is 5.32 Å². The van der Waals surface area contributed by atoms with E-state index in [1.54, 1.807) is 39.0 Å². The van der Waals surface area contributed by atoms with Crippen LogP contribution in [-0.4, -0.2) is 31.7 Å². The van der Waals surface area contributed by atoms with Gasteiger partial charge in [0.05, 0.1) is 12.2 Å².